The Morgan fingerprint density at radius 3 is 3.07 bits per heavy atom. The van der Waals surface area contributed by atoms with E-state index in [1.165, 1.54) is 0 Å². The van der Waals surface area contributed by atoms with Crippen LogP contribution in [0.4, 0.5) is 0 Å². The van der Waals surface area contributed by atoms with Crippen molar-refractivity contribution in [2.45, 2.75) is 18.9 Å². The van der Waals surface area contributed by atoms with Gasteiger partial charge in [-0.15, -0.1) is 0 Å². The zero-order valence-corrected chi connectivity index (χ0v) is 9.07. The van der Waals surface area contributed by atoms with Crippen molar-refractivity contribution in [1.82, 2.24) is 4.98 Å². The highest BCUT2D eigenvalue weighted by atomic mass is 35.5. The van der Waals surface area contributed by atoms with Crippen LogP contribution in [0.3, 0.4) is 0 Å². The highest BCUT2D eigenvalue weighted by molar-refractivity contribution is 6.31. The molecule has 1 aromatic rings. The number of halogens is 1. The van der Waals surface area contributed by atoms with E-state index in [0.29, 0.717) is 10.7 Å². The second-order valence-corrected chi connectivity index (χ2v) is 3.85. The average Bonchev–Trinajstić information content (AvgIpc) is 2.30. The molecule has 0 bridgehead atoms. The molecule has 0 aliphatic carbocycles. The predicted molar refractivity (Wildman–Crippen MR) is 59.4 cm³/mol. The monoisotopic (exact) mass is 224 g/mol. The van der Waals surface area contributed by atoms with Crippen LogP contribution in [-0.4, -0.2) is 11.6 Å². The van der Waals surface area contributed by atoms with E-state index >= 15 is 0 Å². The topological polar surface area (TPSA) is 48.1 Å². The average molecular weight is 225 g/mol. The molecule has 0 radical (unpaired) electrons. The standard InChI is InChI=1S/C11H13ClN2O/c12-8-4-3-6-14-11(8)10(13)9-5-1-2-7-15-9/h3-6,10H,1-2,7,13H2. The maximum atomic E-state index is 6.03. The maximum Gasteiger partial charge on any atom is 0.115 e. The van der Waals surface area contributed by atoms with Crippen molar-refractivity contribution in [2.75, 3.05) is 6.61 Å². The van der Waals surface area contributed by atoms with Crippen LogP contribution < -0.4 is 5.73 Å². The van der Waals surface area contributed by atoms with Crippen molar-refractivity contribution in [2.24, 2.45) is 5.73 Å². The van der Waals surface area contributed by atoms with E-state index in [4.69, 9.17) is 22.1 Å². The van der Waals surface area contributed by atoms with E-state index in [-0.39, 0.29) is 6.04 Å². The fourth-order valence-electron chi connectivity index (χ4n) is 1.55. The molecular formula is C11H13ClN2O. The molecule has 0 spiro atoms. The molecule has 1 atom stereocenters. The molecule has 15 heavy (non-hydrogen) atoms. The van der Waals surface area contributed by atoms with Crippen molar-refractivity contribution in [3.63, 3.8) is 0 Å². The van der Waals surface area contributed by atoms with E-state index < -0.39 is 0 Å². The van der Waals surface area contributed by atoms with Crippen LogP contribution in [0.1, 0.15) is 24.6 Å². The normalized spacial score (nSPS) is 17.9. The Kier molecular flexibility index (Phi) is 3.23. The van der Waals surface area contributed by atoms with Crippen LogP contribution in [-0.2, 0) is 4.74 Å². The summed E-state index contributed by atoms with van der Waals surface area (Å²) in [5, 5.41) is 0.583. The maximum absolute atomic E-state index is 6.03. The summed E-state index contributed by atoms with van der Waals surface area (Å²) in [5.74, 6) is 0.779. The Bertz CT molecular complexity index is 379. The third-order valence-electron chi connectivity index (χ3n) is 2.35. The molecule has 3 nitrogen and oxygen atoms in total. The highest BCUT2D eigenvalue weighted by Crippen LogP contribution is 2.26. The summed E-state index contributed by atoms with van der Waals surface area (Å²) in [6.07, 6.45) is 5.75. The first-order chi connectivity index (χ1) is 7.29. The zero-order valence-electron chi connectivity index (χ0n) is 8.32. The number of aromatic nitrogens is 1. The molecule has 0 saturated heterocycles. The fraction of sp³-hybridized carbons (Fsp3) is 0.364. The Hall–Kier alpha value is -1.06. The van der Waals surface area contributed by atoms with Crippen molar-refractivity contribution < 1.29 is 4.74 Å². The number of hydrogen-bond donors (Lipinski definition) is 1. The van der Waals surface area contributed by atoms with Gasteiger partial charge in [0.05, 0.1) is 17.3 Å². The first-order valence-corrected chi connectivity index (χ1v) is 5.35. The molecule has 1 unspecified atom stereocenters. The van der Waals surface area contributed by atoms with Gasteiger partial charge in [0.1, 0.15) is 11.8 Å². The van der Waals surface area contributed by atoms with Gasteiger partial charge in [0.15, 0.2) is 0 Å². The molecule has 0 fully saturated rings. The summed E-state index contributed by atoms with van der Waals surface area (Å²) in [4.78, 5) is 4.18. The van der Waals surface area contributed by atoms with E-state index in [1.807, 2.05) is 6.08 Å². The summed E-state index contributed by atoms with van der Waals surface area (Å²) < 4.78 is 5.49. The third kappa shape index (κ3) is 2.30. The van der Waals surface area contributed by atoms with Gasteiger partial charge < -0.3 is 10.5 Å². The van der Waals surface area contributed by atoms with Gasteiger partial charge in [-0.05, 0) is 31.1 Å². The van der Waals surface area contributed by atoms with E-state index in [1.54, 1.807) is 18.3 Å². The van der Waals surface area contributed by atoms with Crippen LogP contribution in [0, 0.1) is 0 Å². The largest absolute Gasteiger partial charge is 0.496 e. The molecule has 80 valence electrons. The number of rotatable bonds is 2. The Morgan fingerprint density at radius 1 is 1.53 bits per heavy atom. The minimum absolute atomic E-state index is 0.348. The second-order valence-electron chi connectivity index (χ2n) is 3.45. The van der Waals surface area contributed by atoms with Gasteiger partial charge >= 0.3 is 0 Å². The summed E-state index contributed by atoms with van der Waals surface area (Å²) in [6.45, 7) is 0.726. The molecular weight excluding hydrogens is 212 g/mol. The lowest BCUT2D eigenvalue weighted by Gasteiger charge is -2.20. The number of pyridine rings is 1. The molecule has 2 N–H and O–H groups in total. The van der Waals surface area contributed by atoms with Crippen molar-refractivity contribution in [1.29, 1.82) is 0 Å². The first kappa shape index (κ1) is 10.5. The lowest BCUT2D eigenvalue weighted by molar-refractivity contribution is 0.175. The molecule has 2 rings (SSSR count). The Morgan fingerprint density at radius 2 is 2.40 bits per heavy atom. The summed E-state index contributed by atoms with van der Waals surface area (Å²) in [7, 11) is 0. The lowest BCUT2D eigenvalue weighted by Crippen LogP contribution is -2.19. The van der Waals surface area contributed by atoms with Gasteiger partial charge in [0.25, 0.3) is 0 Å². The lowest BCUT2D eigenvalue weighted by atomic mass is 10.1. The van der Waals surface area contributed by atoms with Gasteiger partial charge in [-0.3, -0.25) is 4.98 Å². The smallest absolute Gasteiger partial charge is 0.115 e. The third-order valence-corrected chi connectivity index (χ3v) is 2.67. The highest BCUT2D eigenvalue weighted by Gasteiger charge is 2.18. The number of nitrogens with two attached hydrogens (primary N) is 1. The molecule has 1 aliphatic heterocycles. The van der Waals surface area contributed by atoms with Gasteiger partial charge in [-0.1, -0.05) is 11.6 Å². The van der Waals surface area contributed by atoms with Crippen molar-refractivity contribution in [3.8, 4) is 0 Å². The number of nitrogens with zero attached hydrogens (tertiary/aromatic N) is 1. The Labute approximate surface area is 93.9 Å². The van der Waals surface area contributed by atoms with Crippen LogP contribution in [0.2, 0.25) is 5.02 Å². The van der Waals surface area contributed by atoms with Crippen LogP contribution in [0.25, 0.3) is 0 Å². The van der Waals surface area contributed by atoms with Crippen LogP contribution >= 0.6 is 11.6 Å². The first-order valence-electron chi connectivity index (χ1n) is 4.98. The van der Waals surface area contributed by atoms with Crippen LogP contribution in [0.5, 0.6) is 0 Å². The molecule has 1 aromatic heterocycles. The summed E-state index contributed by atoms with van der Waals surface area (Å²) in [5.41, 5.74) is 6.70. The van der Waals surface area contributed by atoms with Gasteiger partial charge in [-0.25, -0.2) is 0 Å². The van der Waals surface area contributed by atoms with E-state index in [0.717, 1.165) is 25.2 Å². The van der Waals surface area contributed by atoms with Gasteiger partial charge in [-0.2, -0.15) is 0 Å². The fourth-order valence-corrected chi connectivity index (χ4v) is 1.79. The SMILES string of the molecule is NC(C1=CCCCO1)c1ncccc1Cl. The summed E-state index contributed by atoms with van der Waals surface area (Å²) >= 11 is 6.01. The number of allylic oxidation sites excluding steroid dienone is 1. The second kappa shape index (κ2) is 4.64. The van der Waals surface area contributed by atoms with Crippen LogP contribution in [0.15, 0.2) is 30.2 Å². The predicted octanol–water partition coefficient (Wildman–Crippen LogP) is 2.43. The van der Waals surface area contributed by atoms with E-state index in [2.05, 4.69) is 4.98 Å². The van der Waals surface area contributed by atoms with E-state index in [9.17, 15) is 0 Å². The molecule has 4 heteroatoms. The molecule has 0 amide bonds. The van der Waals surface area contributed by atoms with Gasteiger partial charge in [0.2, 0.25) is 0 Å². The summed E-state index contributed by atoms with van der Waals surface area (Å²) in [6, 6.07) is 3.22. The minimum Gasteiger partial charge on any atom is -0.496 e. The molecule has 1 aliphatic rings. The molecule has 0 aromatic carbocycles. The van der Waals surface area contributed by atoms with Crippen molar-refractivity contribution >= 4 is 11.6 Å². The zero-order chi connectivity index (χ0) is 10.7. The number of hydrogen-bond acceptors (Lipinski definition) is 3. The quantitative estimate of drug-likeness (QED) is 0.840. The number of ether oxygens (including phenoxy) is 1. The van der Waals surface area contributed by atoms with Crippen molar-refractivity contribution in [3.05, 3.63) is 40.9 Å². The molecule has 0 saturated carbocycles. The molecule has 2 heterocycles. The minimum atomic E-state index is -0.348. The van der Waals surface area contributed by atoms with Gasteiger partial charge in [0, 0.05) is 6.20 Å². The Balaban J connectivity index is 2.23.